The lowest BCUT2D eigenvalue weighted by Gasteiger charge is -2.40. The standard InChI is InChI=1S/C22H37N3O3.HI/c1-22(2,3)20-16(9-8-12-28-20)14-24-21(23-4)25(5)15-17-10-11-18(26-6)13-19(17)27-7;/h10-11,13,16,20H,8-9,12,14-15H2,1-7H3,(H,23,24);1H. The quantitative estimate of drug-likeness (QED) is 0.348. The van der Waals surface area contributed by atoms with E-state index in [4.69, 9.17) is 14.2 Å². The highest BCUT2D eigenvalue weighted by Gasteiger charge is 2.35. The van der Waals surface area contributed by atoms with E-state index in [1.165, 1.54) is 6.42 Å². The Morgan fingerprint density at radius 2 is 2.00 bits per heavy atom. The summed E-state index contributed by atoms with van der Waals surface area (Å²) in [7, 11) is 7.20. The highest BCUT2D eigenvalue weighted by atomic mass is 127. The molecule has 1 N–H and O–H groups in total. The molecule has 0 bridgehead atoms. The minimum Gasteiger partial charge on any atom is -0.497 e. The molecule has 2 rings (SSSR count). The third-order valence-corrected chi connectivity index (χ3v) is 5.30. The second-order valence-electron chi connectivity index (χ2n) is 8.52. The Kier molecular flexibility index (Phi) is 10.5. The van der Waals surface area contributed by atoms with Crippen molar-refractivity contribution < 1.29 is 14.2 Å². The lowest BCUT2D eigenvalue weighted by Crippen LogP contribution is -2.47. The summed E-state index contributed by atoms with van der Waals surface area (Å²) in [5, 5.41) is 3.55. The molecule has 1 aliphatic rings. The molecule has 0 saturated carbocycles. The van der Waals surface area contributed by atoms with Gasteiger partial charge >= 0.3 is 0 Å². The van der Waals surface area contributed by atoms with Gasteiger partial charge in [0.15, 0.2) is 5.96 Å². The minimum absolute atomic E-state index is 0. The van der Waals surface area contributed by atoms with Crippen LogP contribution in [0, 0.1) is 11.3 Å². The number of rotatable bonds is 6. The summed E-state index contributed by atoms with van der Waals surface area (Å²) >= 11 is 0. The van der Waals surface area contributed by atoms with Crippen LogP contribution < -0.4 is 14.8 Å². The highest BCUT2D eigenvalue weighted by molar-refractivity contribution is 14.0. The number of hydrogen-bond acceptors (Lipinski definition) is 4. The molecule has 1 aromatic rings. The molecule has 0 spiro atoms. The van der Waals surface area contributed by atoms with Gasteiger partial charge in [0.2, 0.25) is 0 Å². The first kappa shape index (κ1) is 25.8. The van der Waals surface area contributed by atoms with E-state index in [2.05, 4.69) is 36.0 Å². The summed E-state index contributed by atoms with van der Waals surface area (Å²) in [6.45, 7) is 9.19. The van der Waals surface area contributed by atoms with Crippen molar-refractivity contribution in [2.24, 2.45) is 16.3 Å². The largest absolute Gasteiger partial charge is 0.497 e. The monoisotopic (exact) mass is 519 g/mol. The zero-order valence-electron chi connectivity index (χ0n) is 18.9. The van der Waals surface area contributed by atoms with E-state index in [0.29, 0.717) is 12.5 Å². The molecular formula is C22H38IN3O3. The number of hydrogen-bond donors (Lipinski definition) is 1. The van der Waals surface area contributed by atoms with Crippen molar-refractivity contribution in [1.82, 2.24) is 10.2 Å². The molecule has 1 aliphatic heterocycles. The van der Waals surface area contributed by atoms with Crippen LogP contribution >= 0.6 is 24.0 Å². The number of benzene rings is 1. The zero-order valence-corrected chi connectivity index (χ0v) is 21.3. The lowest BCUT2D eigenvalue weighted by molar-refractivity contribution is -0.0836. The van der Waals surface area contributed by atoms with Crippen LogP contribution in [0.1, 0.15) is 39.2 Å². The Bertz CT molecular complexity index is 661. The first-order valence-electron chi connectivity index (χ1n) is 10.0. The van der Waals surface area contributed by atoms with Crippen molar-refractivity contribution in [2.45, 2.75) is 46.3 Å². The van der Waals surface area contributed by atoms with Crippen LogP contribution in [0.25, 0.3) is 0 Å². The summed E-state index contributed by atoms with van der Waals surface area (Å²) in [6.07, 6.45) is 2.57. The summed E-state index contributed by atoms with van der Waals surface area (Å²) in [5.74, 6) is 2.96. The number of nitrogens with zero attached hydrogens (tertiary/aromatic N) is 2. The average Bonchev–Trinajstić information content (AvgIpc) is 2.68. The van der Waals surface area contributed by atoms with Crippen molar-refractivity contribution >= 4 is 29.9 Å². The number of ether oxygens (including phenoxy) is 3. The van der Waals surface area contributed by atoms with Gasteiger partial charge in [0.05, 0.1) is 20.3 Å². The Labute approximate surface area is 193 Å². The van der Waals surface area contributed by atoms with Gasteiger partial charge in [-0.15, -0.1) is 24.0 Å². The first-order chi connectivity index (χ1) is 13.3. The normalized spacial score (nSPS) is 19.9. The Hall–Kier alpha value is -1.22. The molecule has 1 saturated heterocycles. The van der Waals surface area contributed by atoms with Crippen molar-refractivity contribution in [3.63, 3.8) is 0 Å². The number of methoxy groups -OCH3 is 2. The molecule has 1 fully saturated rings. The first-order valence-corrected chi connectivity index (χ1v) is 10.0. The number of halogens is 1. The molecule has 7 heteroatoms. The van der Waals surface area contributed by atoms with Crippen LogP contribution in [-0.2, 0) is 11.3 Å². The second kappa shape index (κ2) is 11.8. The average molecular weight is 519 g/mol. The SMILES string of the molecule is CN=C(NCC1CCCOC1C(C)(C)C)N(C)Cc1ccc(OC)cc1OC.I. The molecule has 166 valence electrons. The molecular weight excluding hydrogens is 481 g/mol. The van der Waals surface area contributed by atoms with Gasteiger partial charge in [0.1, 0.15) is 11.5 Å². The maximum atomic E-state index is 6.11. The molecule has 0 aliphatic carbocycles. The third kappa shape index (κ3) is 7.20. The maximum Gasteiger partial charge on any atom is 0.193 e. The van der Waals surface area contributed by atoms with E-state index >= 15 is 0 Å². The lowest BCUT2D eigenvalue weighted by atomic mass is 9.78. The minimum atomic E-state index is 0. The van der Waals surface area contributed by atoms with Gasteiger partial charge in [0, 0.05) is 51.3 Å². The fraction of sp³-hybridized carbons (Fsp3) is 0.682. The van der Waals surface area contributed by atoms with Gasteiger partial charge in [-0.25, -0.2) is 0 Å². The predicted octanol–water partition coefficient (Wildman–Crippen LogP) is 4.17. The van der Waals surface area contributed by atoms with E-state index in [9.17, 15) is 0 Å². The fourth-order valence-electron chi connectivity index (χ4n) is 3.93. The number of aliphatic imine (C=N–C) groups is 1. The van der Waals surface area contributed by atoms with Crippen molar-refractivity contribution in [1.29, 1.82) is 0 Å². The predicted molar refractivity (Wildman–Crippen MR) is 130 cm³/mol. The van der Waals surface area contributed by atoms with Crippen molar-refractivity contribution in [3.05, 3.63) is 23.8 Å². The van der Waals surface area contributed by atoms with E-state index in [1.54, 1.807) is 14.2 Å². The topological polar surface area (TPSA) is 55.3 Å². The summed E-state index contributed by atoms with van der Waals surface area (Å²) in [5.41, 5.74) is 1.22. The molecule has 1 heterocycles. The second-order valence-corrected chi connectivity index (χ2v) is 8.52. The van der Waals surface area contributed by atoms with Crippen LogP contribution in [0.3, 0.4) is 0 Å². The molecule has 1 aromatic carbocycles. The zero-order chi connectivity index (χ0) is 20.7. The third-order valence-electron chi connectivity index (χ3n) is 5.30. The summed E-state index contributed by atoms with van der Waals surface area (Å²) in [4.78, 5) is 6.58. The Balaban J connectivity index is 0.00000420. The van der Waals surface area contributed by atoms with E-state index in [-0.39, 0.29) is 35.5 Å². The van der Waals surface area contributed by atoms with Crippen LogP contribution in [0.15, 0.2) is 23.2 Å². The van der Waals surface area contributed by atoms with Gasteiger partial charge in [-0.3, -0.25) is 4.99 Å². The smallest absolute Gasteiger partial charge is 0.193 e. The molecule has 0 aromatic heterocycles. The number of guanidine groups is 1. The Morgan fingerprint density at radius 1 is 1.28 bits per heavy atom. The summed E-state index contributed by atoms with van der Waals surface area (Å²) in [6, 6.07) is 5.90. The van der Waals surface area contributed by atoms with E-state index < -0.39 is 0 Å². The van der Waals surface area contributed by atoms with Crippen LogP contribution in [-0.4, -0.2) is 58.4 Å². The molecule has 2 unspecified atom stereocenters. The van der Waals surface area contributed by atoms with Crippen molar-refractivity contribution in [3.8, 4) is 11.5 Å². The molecule has 6 nitrogen and oxygen atoms in total. The Morgan fingerprint density at radius 3 is 2.59 bits per heavy atom. The summed E-state index contributed by atoms with van der Waals surface area (Å²) < 4.78 is 16.9. The molecule has 0 radical (unpaired) electrons. The van der Waals surface area contributed by atoms with Gasteiger partial charge in [-0.2, -0.15) is 0 Å². The van der Waals surface area contributed by atoms with Crippen LogP contribution in [0.4, 0.5) is 0 Å². The van der Waals surface area contributed by atoms with Gasteiger partial charge in [-0.05, 0) is 30.4 Å². The van der Waals surface area contributed by atoms with Gasteiger partial charge in [0.25, 0.3) is 0 Å². The van der Waals surface area contributed by atoms with Gasteiger partial charge in [-0.1, -0.05) is 20.8 Å². The molecule has 0 amide bonds. The molecule has 2 atom stereocenters. The fourth-order valence-corrected chi connectivity index (χ4v) is 3.93. The maximum absolute atomic E-state index is 6.11. The highest BCUT2D eigenvalue weighted by Crippen LogP contribution is 2.33. The number of nitrogens with one attached hydrogen (secondary N) is 1. The molecule has 29 heavy (non-hydrogen) atoms. The van der Waals surface area contributed by atoms with E-state index in [0.717, 1.165) is 42.6 Å². The van der Waals surface area contributed by atoms with Crippen molar-refractivity contribution in [2.75, 3.05) is 41.5 Å². The van der Waals surface area contributed by atoms with Crippen LogP contribution in [0.2, 0.25) is 0 Å². The van der Waals surface area contributed by atoms with Crippen LogP contribution in [0.5, 0.6) is 11.5 Å². The van der Waals surface area contributed by atoms with Gasteiger partial charge < -0.3 is 24.4 Å². The van der Waals surface area contributed by atoms with E-state index in [1.807, 2.05) is 32.3 Å².